The van der Waals surface area contributed by atoms with E-state index in [0.717, 1.165) is 16.6 Å². The van der Waals surface area contributed by atoms with Crippen molar-refractivity contribution in [2.75, 3.05) is 0 Å². The third kappa shape index (κ3) is 1.73. The van der Waals surface area contributed by atoms with Crippen LogP contribution in [0.25, 0.3) is 32.7 Å². The molecule has 0 fully saturated rings. The summed E-state index contributed by atoms with van der Waals surface area (Å²) in [4.78, 5) is 0. The number of rotatable bonds is 0. The lowest BCUT2D eigenvalue weighted by Gasteiger charge is -2.43. The Labute approximate surface area is 191 Å². The molecule has 0 atom stereocenters. The fraction of sp³-hybridized carbons (Fsp3) is 0.143. The molecular weight excluding hydrogens is 425 g/mol. The van der Waals surface area contributed by atoms with Gasteiger partial charge in [-0.1, -0.05) is 54.6 Å². The Balaban J connectivity index is 1.70. The Hall–Kier alpha value is -3.49. The maximum atomic E-state index is 15.9. The number of para-hydroxylation sites is 3. The van der Waals surface area contributed by atoms with Crippen molar-refractivity contribution in [3.05, 3.63) is 107 Å². The van der Waals surface area contributed by atoms with Gasteiger partial charge in [-0.3, -0.25) is 13.0 Å². The monoisotopic (exact) mass is 447 g/mol. The molecule has 3 aliphatic rings. The maximum absolute atomic E-state index is 15.9. The first-order valence-corrected chi connectivity index (χ1v) is 13.0. The van der Waals surface area contributed by atoms with Gasteiger partial charge < -0.3 is 0 Å². The second-order valence-electron chi connectivity index (χ2n) is 9.46. The van der Waals surface area contributed by atoms with Crippen LogP contribution in [0.3, 0.4) is 0 Å². The van der Waals surface area contributed by atoms with Gasteiger partial charge >= 0.3 is 7.59 Å². The van der Waals surface area contributed by atoms with Crippen molar-refractivity contribution < 1.29 is 4.57 Å². The summed E-state index contributed by atoms with van der Waals surface area (Å²) in [5.41, 5.74) is 10.5. The Morgan fingerprint density at radius 2 is 0.848 bits per heavy atom. The summed E-state index contributed by atoms with van der Waals surface area (Å²) in [5, 5.41) is 3.58. The quantitative estimate of drug-likeness (QED) is 0.224. The number of aryl methyl sites for hydroxylation is 3. The van der Waals surface area contributed by atoms with Gasteiger partial charge in [0.25, 0.3) is 0 Å². The normalized spacial score (nSPS) is 20.5. The summed E-state index contributed by atoms with van der Waals surface area (Å²) in [6.45, 7) is 6.60. The zero-order valence-electron chi connectivity index (χ0n) is 18.7. The molecule has 3 aromatic carbocycles. The zero-order valence-corrected chi connectivity index (χ0v) is 19.6. The van der Waals surface area contributed by atoms with Gasteiger partial charge in [-0.05, 0) is 55.7 Å². The van der Waals surface area contributed by atoms with Gasteiger partial charge in [-0.25, -0.2) is 4.57 Å². The van der Waals surface area contributed by atoms with Crippen molar-refractivity contribution in [1.82, 2.24) is 13.0 Å². The molecule has 9 rings (SSSR count). The van der Waals surface area contributed by atoms with Gasteiger partial charge in [0.05, 0.1) is 22.5 Å². The predicted octanol–water partition coefficient (Wildman–Crippen LogP) is 7.34. The van der Waals surface area contributed by atoms with Gasteiger partial charge in [0.15, 0.2) is 0 Å². The lowest BCUT2D eigenvalue weighted by molar-refractivity contribution is 0.532. The molecule has 4 nitrogen and oxygen atoms in total. The molecule has 160 valence electrons. The molecule has 5 heteroatoms. The number of hydrogen-bond acceptors (Lipinski definition) is 1. The Bertz CT molecular complexity index is 1680. The summed E-state index contributed by atoms with van der Waals surface area (Å²) in [7, 11) is -3.32. The predicted molar refractivity (Wildman–Crippen MR) is 135 cm³/mol. The average Bonchev–Trinajstić information content (AvgIpc) is 3.44. The van der Waals surface area contributed by atoms with E-state index in [2.05, 4.69) is 107 Å². The van der Waals surface area contributed by atoms with Crippen molar-refractivity contribution in [2.45, 2.75) is 26.7 Å². The van der Waals surface area contributed by atoms with E-state index >= 15 is 4.57 Å². The van der Waals surface area contributed by atoms with Crippen LogP contribution in [0, 0.1) is 20.8 Å². The van der Waals surface area contributed by atoms with E-state index in [-0.39, 0.29) is 5.92 Å². The van der Waals surface area contributed by atoms with Crippen molar-refractivity contribution >= 4 is 40.3 Å². The van der Waals surface area contributed by atoms with Gasteiger partial charge in [-0.2, -0.15) is 0 Å². The number of hydrogen-bond donors (Lipinski definition) is 0. The molecule has 3 aromatic heterocycles. The first-order chi connectivity index (χ1) is 16.0. The lowest BCUT2D eigenvalue weighted by atomic mass is 9.89. The number of aromatic nitrogens is 3. The second kappa shape index (κ2) is 5.52. The van der Waals surface area contributed by atoms with E-state index in [4.69, 9.17) is 0 Å². The molecule has 0 saturated heterocycles. The van der Waals surface area contributed by atoms with Crippen molar-refractivity contribution in [1.29, 1.82) is 0 Å². The molecule has 0 unspecified atom stereocenters. The van der Waals surface area contributed by atoms with E-state index < -0.39 is 7.59 Å². The molecule has 3 aliphatic heterocycles. The number of fused-ring (bicyclic) bond motifs is 3. The molecule has 2 bridgehead atoms. The molecule has 6 heterocycles. The van der Waals surface area contributed by atoms with E-state index in [1.54, 1.807) is 0 Å². The average molecular weight is 447 g/mol. The highest BCUT2D eigenvalue weighted by Crippen LogP contribution is 2.70. The topological polar surface area (TPSA) is 31.9 Å². The fourth-order valence-corrected chi connectivity index (χ4v) is 10.3. The summed E-state index contributed by atoms with van der Waals surface area (Å²) < 4.78 is 22.5. The van der Waals surface area contributed by atoms with Gasteiger partial charge in [0.1, 0.15) is 0 Å². The van der Waals surface area contributed by atoms with Crippen molar-refractivity contribution in [2.24, 2.45) is 0 Å². The zero-order chi connectivity index (χ0) is 22.2. The summed E-state index contributed by atoms with van der Waals surface area (Å²) >= 11 is 0. The van der Waals surface area contributed by atoms with Crippen LogP contribution in [-0.2, 0) is 4.57 Å². The summed E-state index contributed by atoms with van der Waals surface area (Å²) in [6, 6.07) is 25.3. The van der Waals surface area contributed by atoms with Crippen LogP contribution in [0.5, 0.6) is 0 Å². The number of nitrogens with zero attached hydrogens (tertiary/aromatic N) is 3. The number of benzene rings is 3. The van der Waals surface area contributed by atoms with Gasteiger partial charge in [0, 0.05) is 33.2 Å². The molecule has 0 amide bonds. The minimum absolute atomic E-state index is 0.0352. The lowest BCUT2D eigenvalue weighted by Crippen LogP contribution is -2.34. The molecule has 0 aliphatic carbocycles. The highest BCUT2D eigenvalue weighted by Gasteiger charge is 2.53. The first-order valence-electron chi connectivity index (χ1n) is 11.5. The van der Waals surface area contributed by atoms with E-state index in [1.165, 1.54) is 49.9 Å². The third-order valence-corrected chi connectivity index (χ3v) is 10.9. The Kier molecular flexibility index (Phi) is 3.01. The van der Waals surface area contributed by atoms with E-state index in [1.807, 2.05) is 0 Å². The Morgan fingerprint density at radius 1 is 0.545 bits per heavy atom. The van der Waals surface area contributed by atoms with Crippen LogP contribution >= 0.6 is 7.59 Å². The molecule has 0 saturated carbocycles. The second-order valence-corrected chi connectivity index (χ2v) is 11.7. The van der Waals surface area contributed by atoms with Crippen LogP contribution in [0.1, 0.15) is 39.7 Å². The van der Waals surface area contributed by atoms with Crippen molar-refractivity contribution in [3.63, 3.8) is 0 Å². The van der Waals surface area contributed by atoms with Crippen molar-refractivity contribution in [3.8, 4) is 0 Å². The standard InChI is InChI=1S/C28H22N3OP/c1-16-19-10-4-7-13-22(19)29-26(16)25-27-17(2)20-11-5-8-14-23(20)30(27)33(29,32)31-24-15-9-6-12-21(24)18(3)28(25)31/h4-15,25H,1-3H3. The molecule has 6 aromatic rings. The Morgan fingerprint density at radius 3 is 1.18 bits per heavy atom. The minimum atomic E-state index is -3.32. The largest absolute Gasteiger partial charge is 0.373 e. The molecule has 0 spiro atoms. The van der Waals surface area contributed by atoms with Crippen LogP contribution in [0.2, 0.25) is 0 Å². The smallest absolute Gasteiger partial charge is 0.260 e. The molecule has 33 heavy (non-hydrogen) atoms. The maximum Gasteiger partial charge on any atom is 0.373 e. The molecule has 0 radical (unpaired) electrons. The highest BCUT2D eigenvalue weighted by atomic mass is 31.2. The minimum Gasteiger partial charge on any atom is -0.260 e. The fourth-order valence-electron chi connectivity index (χ4n) is 6.72. The highest BCUT2D eigenvalue weighted by molar-refractivity contribution is 7.60. The third-order valence-electron chi connectivity index (χ3n) is 8.05. The SMILES string of the molecule is Cc1c2n(c3ccccc13)P1(=O)n3c(c(C)c4ccccc43)C2c2c(C)c3ccccc3n21. The summed E-state index contributed by atoms with van der Waals surface area (Å²) in [5.74, 6) is 0.0352. The summed E-state index contributed by atoms with van der Waals surface area (Å²) in [6.07, 6.45) is 0. The van der Waals surface area contributed by atoms with Crippen LogP contribution in [-0.4, -0.2) is 13.0 Å². The first kappa shape index (κ1) is 18.0. The van der Waals surface area contributed by atoms with Gasteiger partial charge in [0.2, 0.25) is 0 Å². The van der Waals surface area contributed by atoms with Crippen LogP contribution < -0.4 is 0 Å². The molecular formula is C28H22N3OP. The van der Waals surface area contributed by atoms with E-state index in [9.17, 15) is 0 Å². The van der Waals surface area contributed by atoms with E-state index in [0.29, 0.717) is 0 Å². The van der Waals surface area contributed by atoms with Gasteiger partial charge in [-0.15, -0.1) is 0 Å². The van der Waals surface area contributed by atoms with Crippen LogP contribution in [0.4, 0.5) is 0 Å². The molecule has 0 N–H and O–H groups in total. The van der Waals surface area contributed by atoms with Crippen LogP contribution in [0.15, 0.2) is 72.8 Å².